The van der Waals surface area contributed by atoms with Crippen molar-refractivity contribution in [3.8, 4) is 11.4 Å². The first-order valence-electron chi connectivity index (χ1n) is 9.03. The fraction of sp³-hybridized carbons (Fsp3) is 0.190. The molecule has 0 radical (unpaired) electrons. The lowest BCUT2D eigenvalue weighted by molar-refractivity contribution is 0.190. The molecule has 2 aromatic carbocycles. The first-order valence-corrected chi connectivity index (χ1v) is 9.41. The highest BCUT2D eigenvalue weighted by Crippen LogP contribution is 2.24. The topological polar surface area (TPSA) is 64.3 Å². The zero-order valence-corrected chi connectivity index (χ0v) is 16.2. The van der Waals surface area contributed by atoms with Gasteiger partial charge in [0.05, 0.1) is 6.04 Å². The largest absolute Gasteiger partial charge is 0.385 e. The summed E-state index contributed by atoms with van der Waals surface area (Å²) in [5, 5.41) is 17.4. The van der Waals surface area contributed by atoms with Crippen LogP contribution in [0.15, 0.2) is 66.7 Å². The van der Waals surface area contributed by atoms with Gasteiger partial charge in [0.2, 0.25) is 0 Å². The van der Waals surface area contributed by atoms with Crippen molar-refractivity contribution >= 4 is 23.1 Å². The fourth-order valence-corrected chi connectivity index (χ4v) is 3.19. The van der Waals surface area contributed by atoms with E-state index in [-0.39, 0.29) is 6.04 Å². The predicted molar refractivity (Wildman–Crippen MR) is 111 cm³/mol. The van der Waals surface area contributed by atoms with Crippen LogP contribution in [-0.4, -0.2) is 33.5 Å². The van der Waals surface area contributed by atoms with Gasteiger partial charge >= 0.3 is 0 Å². The van der Waals surface area contributed by atoms with Crippen LogP contribution in [0.4, 0.5) is 5.82 Å². The molecule has 0 saturated carbocycles. The zero-order chi connectivity index (χ0) is 19.3. The summed E-state index contributed by atoms with van der Waals surface area (Å²) >= 11 is 6.03. The molecule has 4 rings (SSSR count). The van der Waals surface area contributed by atoms with Crippen molar-refractivity contribution in [2.24, 2.45) is 0 Å². The molecule has 1 atom stereocenters. The van der Waals surface area contributed by atoms with E-state index in [1.54, 1.807) is 11.6 Å². The summed E-state index contributed by atoms with van der Waals surface area (Å²) in [5.74, 6) is 1.44. The first-order chi connectivity index (χ1) is 13.7. The summed E-state index contributed by atoms with van der Waals surface area (Å²) in [6, 6.07) is 21.6. The Morgan fingerprint density at radius 3 is 2.54 bits per heavy atom. The maximum atomic E-state index is 6.03. The highest BCUT2D eigenvalue weighted by molar-refractivity contribution is 6.30. The van der Waals surface area contributed by atoms with E-state index in [1.807, 2.05) is 66.7 Å². The Kier molecular flexibility index (Phi) is 5.50. The average Bonchev–Trinajstić information content (AvgIpc) is 3.16. The number of halogens is 1. The van der Waals surface area contributed by atoms with Gasteiger partial charge in [-0.05, 0) is 36.2 Å². The van der Waals surface area contributed by atoms with Crippen molar-refractivity contribution in [2.75, 3.05) is 19.0 Å². The number of nitrogens with zero attached hydrogens (tertiary/aromatic N) is 4. The van der Waals surface area contributed by atoms with Crippen LogP contribution in [0.25, 0.3) is 17.0 Å². The van der Waals surface area contributed by atoms with Crippen LogP contribution in [0.1, 0.15) is 18.0 Å². The molecular weight excluding hydrogens is 374 g/mol. The summed E-state index contributed by atoms with van der Waals surface area (Å²) in [4.78, 5) is 0. The quantitative estimate of drug-likeness (QED) is 0.495. The van der Waals surface area contributed by atoms with E-state index in [0.717, 1.165) is 23.4 Å². The Labute approximate surface area is 168 Å². The first kappa shape index (κ1) is 18.4. The maximum Gasteiger partial charge on any atom is 0.185 e. The third-order valence-corrected chi connectivity index (χ3v) is 4.75. The zero-order valence-electron chi connectivity index (χ0n) is 15.4. The van der Waals surface area contributed by atoms with Crippen molar-refractivity contribution < 1.29 is 4.74 Å². The van der Waals surface area contributed by atoms with Crippen LogP contribution < -0.4 is 5.32 Å². The van der Waals surface area contributed by atoms with Crippen LogP contribution >= 0.6 is 11.6 Å². The molecule has 0 aliphatic rings. The number of anilines is 1. The van der Waals surface area contributed by atoms with Gasteiger partial charge < -0.3 is 10.1 Å². The number of benzene rings is 2. The molecule has 0 spiro atoms. The van der Waals surface area contributed by atoms with Gasteiger partial charge in [-0.3, -0.25) is 0 Å². The normalized spacial score (nSPS) is 12.2. The summed E-state index contributed by atoms with van der Waals surface area (Å²) in [5.41, 5.74) is 2.79. The molecular formula is C21H20ClN5O. The monoisotopic (exact) mass is 393 g/mol. The van der Waals surface area contributed by atoms with E-state index in [9.17, 15) is 0 Å². The lowest BCUT2D eigenvalue weighted by Gasteiger charge is -2.19. The summed E-state index contributed by atoms with van der Waals surface area (Å²) in [6.45, 7) is 0.629. The standard InChI is InChI=1S/C21H20ClN5O/c1-28-14-13-18(15-7-9-17(22)10-8-15)23-19-11-12-20-24-25-21(27(20)26-19)16-5-3-2-4-6-16/h2-12,18H,13-14H2,1H3,(H,23,26). The molecule has 4 aromatic rings. The van der Waals surface area contributed by atoms with E-state index in [2.05, 4.69) is 15.5 Å². The number of methoxy groups -OCH3 is 1. The van der Waals surface area contributed by atoms with Crippen LogP contribution in [0.3, 0.4) is 0 Å². The molecule has 1 N–H and O–H groups in total. The minimum absolute atomic E-state index is 0.0406. The van der Waals surface area contributed by atoms with E-state index in [1.165, 1.54) is 0 Å². The minimum atomic E-state index is 0.0406. The molecule has 0 saturated heterocycles. The molecule has 0 aliphatic heterocycles. The molecule has 7 heteroatoms. The van der Waals surface area contributed by atoms with E-state index >= 15 is 0 Å². The van der Waals surface area contributed by atoms with Crippen molar-refractivity contribution in [2.45, 2.75) is 12.5 Å². The lowest BCUT2D eigenvalue weighted by Crippen LogP contribution is -2.15. The molecule has 2 heterocycles. The van der Waals surface area contributed by atoms with Crippen molar-refractivity contribution in [3.05, 3.63) is 77.3 Å². The number of hydrogen-bond donors (Lipinski definition) is 1. The Bertz CT molecular complexity index is 1050. The third kappa shape index (κ3) is 3.98. The molecule has 0 fully saturated rings. The number of ether oxygens (including phenoxy) is 1. The highest BCUT2D eigenvalue weighted by Gasteiger charge is 2.14. The third-order valence-electron chi connectivity index (χ3n) is 4.50. The van der Waals surface area contributed by atoms with Crippen molar-refractivity contribution in [3.63, 3.8) is 0 Å². The number of aromatic nitrogens is 4. The number of rotatable bonds is 7. The van der Waals surface area contributed by atoms with E-state index < -0.39 is 0 Å². The smallest absolute Gasteiger partial charge is 0.185 e. The van der Waals surface area contributed by atoms with Gasteiger partial charge in [-0.15, -0.1) is 15.3 Å². The van der Waals surface area contributed by atoms with Crippen molar-refractivity contribution in [1.82, 2.24) is 19.8 Å². The molecule has 28 heavy (non-hydrogen) atoms. The Hall–Kier alpha value is -2.96. The van der Waals surface area contributed by atoms with Gasteiger partial charge in [0, 0.05) is 24.3 Å². The van der Waals surface area contributed by atoms with Gasteiger partial charge in [0.1, 0.15) is 5.82 Å². The Morgan fingerprint density at radius 2 is 1.79 bits per heavy atom. The van der Waals surface area contributed by atoms with E-state index in [0.29, 0.717) is 23.1 Å². The second-order valence-electron chi connectivity index (χ2n) is 6.41. The Morgan fingerprint density at radius 1 is 1.00 bits per heavy atom. The molecule has 0 aliphatic carbocycles. The molecule has 6 nitrogen and oxygen atoms in total. The van der Waals surface area contributed by atoms with Crippen molar-refractivity contribution in [1.29, 1.82) is 0 Å². The second kappa shape index (κ2) is 8.37. The fourth-order valence-electron chi connectivity index (χ4n) is 3.06. The van der Waals surface area contributed by atoms with Gasteiger partial charge in [0.15, 0.2) is 11.5 Å². The van der Waals surface area contributed by atoms with Gasteiger partial charge in [-0.1, -0.05) is 54.1 Å². The number of fused-ring (bicyclic) bond motifs is 1. The van der Waals surface area contributed by atoms with Gasteiger partial charge in [-0.25, -0.2) is 0 Å². The predicted octanol–water partition coefficient (Wildman–Crippen LogP) is 4.63. The minimum Gasteiger partial charge on any atom is -0.385 e. The summed E-state index contributed by atoms with van der Waals surface area (Å²) in [7, 11) is 1.70. The Balaban J connectivity index is 1.66. The maximum absolute atomic E-state index is 6.03. The average molecular weight is 394 g/mol. The van der Waals surface area contributed by atoms with Crippen LogP contribution in [-0.2, 0) is 4.74 Å². The van der Waals surface area contributed by atoms with Gasteiger partial charge in [-0.2, -0.15) is 4.52 Å². The second-order valence-corrected chi connectivity index (χ2v) is 6.84. The highest BCUT2D eigenvalue weighted by atomic mass is 35.5. The molecule has 142 valence electrons. The summed E-state index contributed by atoms with van der Waals surface area (Å²) in [6.07, 6.45) is 0.797. The SMILES string of the molecule is COCCC(Nc1ccc2nnc(-c3ccccc3)n2n1)c1ccc(Cl)cc1. The molecule has 2 aromatic heterocycles. The number of nitrogens with one attached hydrogen (secondary N) is 1. The van der Waals surface area contributed by atoms with Crippen LogP contribution in [0.2, 0.25) is 5.02 Å². The molecule has 1 unspecified atom stereocenters. The lowest BCUT2D eigenvalue weighted by atomic mass is 10.0. The number of hydrogen-bond acceptors (Lipinski definition) is 5. The van der Waals surface area contributed by atoms with Crippen LogP contribution in [0, 0.1) is 0 Å². The van der Waals surface area contributed by atoms with E-state index in [4.69, 9.17) is 21.4 Å². The van der Waals surface area contributed by atoms with Crippen LogP contribution in [0.5, 0.6) is 0 Å². The molecule has 0 amide bonds. The van der Waals surface area contributed by atoms with Gasteiger partial charge in [0.25, 0.3) is 0 Å². The summed E-state index contributed by atoms with van der Waals surface area (Å²) < 4.78 is 7.04. The molecule has 0 bridgehead atoms.